The third kappa shape index (κ3) is 3.02. The molecule has 2 aromatic rings. The van der Waals surface area contributed by atoms with Crippen molar-refractivity contribution in [2.24, 2.45) is 4.99 Å². The zero-order chi connectivity index (χ0) is 15.5. The van der Waals surface area contributed by atoms with Gasteiger partial charge in [-0.3, -0.25) is 0 Å². The summed E-state index contributed by atoms with van der Waals surface area (Å²) in [4.78, 5) is 4.56. The van der Waals surface area contributed by atoms with Gasteiger partial charge < -0.3 is 0 Å². The molecule has 1 aromatic carbocycles. The van der Waals surface area contributed by atoms with Crippen molar-refractivity contribution in [2.75, 3.05) is 0 Å². The van der Waals surface area contributed by atoms with E-state index in [1.807, 2.05) is 19.1 Å². The predicted molar refractivity (Wildman–Crippen MR) is 89.5 cm³/mol. The van der Waals surface area contributed by atoms with Crippen LogP contribution in [0.2, 0.25) is 0 Å². The van der Waals surface area contributed by atoms with Gasteiger partial charge in [-0.25, -0.2) is 0 Å². The molecular weight excluding hydrogens is 339 g/mol. The second-order valence-electron chi connectivity index (χ2n) is 5.68. The van der Waals surface area contributed by atoms with Crippen LogP contribution in [0.3, 0.4) is 0 Å². The van der Waals surface area contributed by atoms with Crippen molar-refractivity contribution < 1.29 is 5.11 Å². The minimum atomic E-state index is 0.167. The number of nitrogens with zero attached hydrogens (tertiary/aromatic N) is 2. The first-order valence-electron chi connectivity index (χ1n) is 7.57. The van der Waals surface area contributed by atoms with Gasteiger partial charge in [0.1, 0.15) is 0 Å². The molecule has 0 unspecified atom stereocenters. The van der Waals surface area contributed by atoms with Crippen molar-refractivity contribution in [1.29, 1.82) is 5.26 Å². The van der Waals surface area contributed by atoms with Gasteiger partial charge in [0.05, 0.1) is 0 Å². The average Bonchev–Trinajstić information content (AvgIpc) is 2.68. The molecule has 1 aromatic heterocycles. The Hall–Kier alpha value is -1.82. The summed E-state index contributed by atoms with van der Waals surface area (Å²) < 4.78 is 2.38. The molecule has 22 heavy (non-hydrogen) atoms. The van der Waals surface area contributed by atoms with Crippen molar-refractivity contribution >= 4 is 25.3 Å². The number of aliphatic imine (C=N–C) groups is 1. The number of hydrogen-bond acceptors (Lipinski definition) is 3. The van der Waals surface area contributed by atoms with Crippen LogP contribution in [0.15, 0.2) is 23.2 Å². The molecule has 0 aliphatic heterocycles. The maximum absolute atomic E-state index is 9.90. The molecule has 0 saturated heterocycles. The van der Waals surface area contributed by atoms with E-state index >= 15 is 0 Å². The van der Waals surface area contributed by atoms with Crippen molar-refractivity contribution in [3.05, 3.63) is 44.9 Å². The van der Waals surface area contributed by atoms with Gasteiger partial charge in [0, 0.05) is 0 Å². The summed E-state index contributed by atoms with van der Waals surface area (Å²) in [5, 5.41) is 19.4. The molecular formula is C18H18N2OSe. The first-order valence-corrected chi connectivity index (χ1v) is 9.28. The van der Waals surface area contributed by atoms with Gasteiger partial charge in [0.25, 0.3) is 0 Å². The number of hydrogen-bond donors (Lipinski definition) is 1. The zero-order valence-electron chi connectivity index (χ0n) is 12.6. The summed E-state index contributed by atoms with van der Waals surface area (Å²) in [6.07, 6.45) is 7.51. The van der Waals surface area contributed by atoms with E-state index in [4.69, 9.17) is 0 Å². The third-order valence-corrected chi connectivity index (χ3v) is 6.54. The van der Waals surface area contributed by atoms with Crippen LogP contribution in [-0.4, -0.2) is 25.8 Å². The number of phenols is 1. The summed E-state index contributed by atoms with van der Waals surface area (Å²) >= 11 is 0.167. The number of aromatic hydroxyl groups is 1. The van der Waals surface area contributed by atoms with E-state index in [0.29, 0.717) is 5.56 Å². The van der Waals surface area contributed by atoms with Crippen LogP contribution in [0.1, 0.15) is 46.0 Å². The van der Waals surface area contributed by atoms with E-state index < -0.39 is 0 Å². The first kappa shape index (κ1) is 15.1. The van der Waals surface area contributed by atoms with E-state index in [1.54, 1.807) is 12.3 Å². The molecule has 1 aliphatic carbocycles. The van der Waals surface area contributed by atoms with Crippen molar-refractivity contribution in [1.82, 2.24) is 0 Å². The standard InChI is InChI=1S/C18H18N2OSe/c1-12-7-8-16(21)13(9-12)11-20-18-15(10-19)14-5-3-2-4-6-17(14)22-18/h7-9,11,21H,2-6H2,1H3/b20-11+. The van der Waals surface area contributed by atoms with E-state index in [1.165, 1.54) is 29.3 Å². The zero-order valence-corrected chi connectivity index (χ0v) is 14.3. The Bertz CT molecular complexity index is 768. The normalized spacial score (nSPS) is 14.5. The fraction of sp³-hybridized carbons (Fsp3) is 0.333. The number of nitriles is 1. The third-order valence-electron chi connectivity index (χ3n) is 4.02. The van der Waals surface area contributed by atoms with Crippen molar-refractivity contribution in [3.8, 4) is 11.8 Å². The molecule has 0 atom stereocenters. The Kier molecular flexibility index (Phi) is 4.47. The van der Waals surface area contributed by atoms with Crippen LogP contribution >= 0.6 is 0 Å². The topological polar surface area (TPSA) is 56.4 Å². The molecule has 0 saturated carbocycles. The fourth-order valence-corrected chi connectivity index (χ4v) is 5.32. The summed E-state index contributed by atoms with van der Waals surface area (Å²) in [5.74, 6) is 0.230. The second kappa shape index (κ2) is 6.52. The number of aryl methyl sites for hydroxylation is 2. The molecule has 0 spiro atoms. The van der Waals surface area contributed by atoms with Gasteiger partial charge in [0.15, 0.2) is 0 Å². The Labute approximate surface area is 136 Å². The van der Waals surface area contributed by atoms with Crippen molar-refractivity contribution in [2.45, 2.75) is 39.0 Å². The summed E-state index contributed by atoms with van der Waals surface area (Å²) in [6.45, 7) is 1.99. The maximum atomic E-state index is 9.90. The summed E-state index contributed by atoms with van der Waals surface area (Å²) in [5.41, 5.74) is 3.85. The average molecular weight is 357 g/mol. The molecule has 1 heterocycles. The van der Waals surface area contributed by atoms with Crippen LogP contribution in [0.4, 0.5) is 4.56 Å². The van der Waals surface area contributed by atoms with Gasteiger partial charge in [-0.2, -0.15) is 0 Å². The quantitative estimate of drug-likeness (QED) is 0.507. The molecule has 0 fully saturated rings. The minimum absolute atomic E-state index is 0.167. The molecule has 0 bridgehead atoms. The molecule has 3 rings (SSSR count). The van der Waals surface area contributed by atoms with E-state index in [2.05, 4.69) is 11.1 Å². The first-order chi connectivity index (χ1) is 10.7. The van der Waals surface area contributed by atoms with Gasteiger partial charge in [-0.15, -0.1) is 0 Å². The van der Waals surface area contributed by atoms with Crippen LogP contribution in [0.25, 0.3) is 0 Å². The van der Waals surface area contributed by atoms with Gasteiger partial charge in [0.2, 0.25) is 0 Å². The molecule has 112 valence electrons. The van der Waals surface area contributed by atoms with Gasteiger partial charge in [-0.05, 0) is 0 Å². The van der Waals surface area contributed by atoms with E-state index in [0.717, 1.165) is 28.5 Å². The Morgan fingerprint density at radius 2 is 2.09 bits per heavy atom. The van der Waals surface area contributed by atoms with Crippen LogP contribution in [0, 0.1) is 18.3 Å². The monoisotopic (exact) mass is 358 g/mol. The molecule has 0 amide bonds. The van der Waals surface area contributed by atoms with E-state index in [-0.39, 0.29) is 20.3 Å². The Balaban J connectivity index is 1.97. The summed E-state index contributed by atoms with van der Waals surface area (Å²) in [7, 11) is 0. The molecule has 0 radical (unpaired) electrons. The fourth-order valence-electron chi connectivity index (χ4n) is 2.84. The predicted octanol–water partition coefficient (Wildman–Crippen LogP) is 3.65. The summed E-state index contributed by atoms with van der Waals surface area (Å²) in [6, 6.07) is 7.83. The Morgan fingerprint density at radius 1 is 1.27 bits per heavy atom. The molecule has 1 aliphatic rings. The van der Waals surface area contributed by atoms with Crippen LogP contribution in [0.5, 0.6) is 5.75 Å². The number of rotatable bonds is 2. The van der Waals surface area contributed by atoms with Gasteiger partial charge >= 0.3 is 136 Å². The van der Waals surface area contributed by atoms with E-state index in [9.17, 15) is 10.4 Å². The van der Waals surface area contributed by atoms with Crippen LogP contribution in [-0.2, 0) is 12.8 Å². The van der Waals surface area contributed by atoms with Crippen LogP contribution < -0.4 is 0 Å². The SMILES string of the molecule is Cc1ccc(O)c(/C=N/c2[se]c3c(c2C#N)CCCCC3)c1. The number of benzene rings is 1. The number of phenolic OH excluding ortho intramolecular Hbond substituents is 1. The molecule has 1 N–H and O–H groups in total. The second-order valence-corrected chi connectivity index (χ2v) is 7.95. The van der Waals surface area contributed by atoms with Crippen molar-refractivity contribution in [3.63, 3.8) is 0 Å². The molecule has 4 heteroatoms. The number of fused-ring (bicyclic) bond motifs is 1. The van der Waals surface area contributed by atoms with Gasteiger partial charge in [-0.1, -0.05) is 0 Å². The Morgan fingerprint density at radius 3 is 2.91 bits per heavy atom. The molecule has 3 nitrogen and oxygen atoms in total.